The summed E-state index contributed by atoms with van der Waals surface area (Å²) in [5.74, 6) is -0.822. The van der Waals surface area contributed by atoms with Crippen molar-refractivity contribution in [3.8, 4) is 17.1 Å². The lowest BCUT2D eigenvalue weighted by atomic mass is 10.1. The number of carbonyl (C=O) groups is 2. The molecular weight excluding hydrogens is 336 g/mol. The Hall–Kier alpha value is -3.87. The molecule has 0 aliphatic rings. The Bertz CT molecular complexity index is 974. The lowest BCUT2D eigenvalue weighted by Crippen LogP contribution is -2.17. The van der Waals surface area contributed by atoms with Gasteiger partial charge in [-0.1, -0.05) is 30.3 Å². The molecule has 0 aliphatic heterocycles. The van der Waals surface area contributed by atoms with Gasteiger partial charge in [0.05, 0.1) is 11.8 Å². The summed E-state index contributed by atoms with van der Waals surface area (Å²) < 4.78 is 5.58. The second kappa shape index (κ2) is 7.35. The highest BCUT2D eigenvalue weighted by Crippen LogP contribution is 2.22. The number of nitrogens with one attached hydrogen (secondary N) is 1. The summed E-state index contributed by atoms with van der Waals surface area (Å²) in [6.45, 7) is 0. The molecular formula is C19H13N2O5-. The molecule has 0 spiro atoms. The SMILES string of the molecule is O=C(O)c1ccc(-c2ccc(/C=N\NC(=O)c3cccc([O-])c3)o2)cc1. The van der Waals surface area contributed by atoms with E-state index in [2.05, 4.69) is 10.5 Å². The maximum absolute atomic E-state index is 11.9. The first kappa shape index (κ1) is 17.0. The fourth-order valence-electron chi connectivity index (χ4n) is 2.21. The van der Waals surface area contributed by atoms with Crippen LogP contribution in [0.4, 0.5) is 0 Å². The summed E-state index contributed by atoms with van der Waals surface area (Å²) >= 11 is 0. The van der Waals surface area contributed by atoms with E-state index in [-0.39, 0.29) is 16.9 Å². The van der Waals surface area contributed by atoms with E-state index in [9.17, 15) is 14.7 Å². The van der Waals surface area contributed by atoms with Crippen LogP contribution in [0.2, 0.25) is 0 Å². The fourth-order valence-corrected chi connectivity index (χ4v) is 2.21. The number of hydrogen-bond donors (Lipinski definition) is 2. The minimum atomic E-state index is -0.998. The van der Waals surface area contributed by atoms with Crippen molar-refractivity contribution in [3.63, 3.8) is 0 Å². The molecule has 0 aliphatic carbocycles. The van der Waals surface area contributed by atoms with E-state index in [1.165, 1.54) is 42.6 Å². The fraction of sp³-hybridized carbons (Fsp3) is 0. The smallest absolute Gasteiger partial charge is 0.335 e. The lowest BCUT2D eigenvalue weighted by molar-refractivity contribution is -0.268. The normalized spacial score (nSPS) is 10.8. The Labute approximate surface area is 148 Å². The topological polar surface area (TPSA) is 115 Å². The molecule has 0 radical (unpaired) electrons. The first-order valence-corrected chi connectivity index (χ1v) is 7.57. The zero-order valence-corrected chi connectivity index (χ0v) is 13.4. The molecule has 0 atom stereocenters. The molecule has 2 aromatic carbocycles. The van der Waals surface area contributed by atoms with Gasteiger partial charge in [-0.2, -0.15) is 5.10 Å². The third-order valence-corrected chi connectivity index (χ3v) is 3.50. The molecule has 7 nitrogen and oxygen atoms in total. The van der Waals surface area contributed by atoms with Gasteiger partial charge in [0.15, 0.2) is 0 Å². The summed E-state index contributed by atoms with van der Waals surface area (Å²) in [6.07, 6.45) is 1.33. The summed E-state index contributed by atoms with van der Waals surface area (Å²) in [5, 5.41) is 23.9. The average Bonchev–Trinajstić information content (AvgIpc) is 3.10. The molecule has 7 heteroatoms. The van der Waals surface area contributed by atoms with Crippen LogP contribution in [0.1, 0.15) is 26.5 Å². The molecule has 0 unspecified atom stereocenters. The third-order valence-electron chi connectivity index (χ3n) is 3.50. The average molecular weight is 349 g/mol. The molecule has 1 heterocycles. The van der Waals surface area contributed by atoms with Crippen LogP contribution in [0.5, 0.6) is 5.75 Å². The maximum Gasteiger partial charge on any atom is 0.335 e. The second-order valence-electron chi connectivity index (χ2n) is 5.31. The summed E-state index contributed by atoms with van der Waals surface area (Å²) in [5.41, 5.74) is 3.43. The summed E-state index contributed by atoms with van der Waals surface area (Å²) in [6, 6.07) is 15.2. The van der Waals surface area contributed by atoms with Gasteiger partial charge < -0.3 is 14.6 Å². The van der Waals surface area contributed by atoms with E-state index >= 15 is 0 Å². The summed E-state index contributed by atoms with van der Waals surface area (Å²) in [4.78, 5) is 22.7. The summed E-state index contributed by atoms with van der Waals surface area (Å²) in [7, 11) is 0. The maximum atomic E-state index is 11.9. The number of benzene rings is 2. The van der Waals surface area contributed by atoms with Crippen molar-refractivity contribution in [1.82, 2.24) is 5.43 Å². The van der Waals surface area contributed by atoms with Crippen molar-refractivity contribution in [2.75, 3.05) is 0 Å². The van der Waals surface area contributed by atoms with Crippen LogP contribution in [0, 0.1) is 0 Å². The molecule has 0 bridgehead atoms. The predicted molar refractivity (Wildman–Crippen MR) is 92.1 cm³/mol. The Morgan fingerprint density at radius 3 is 2.50 bits per heavy atom. The highest BCUT2D eigenvalue weighted by atomic mass is 16.4. The number of carbonyl (C=O) groups excluding carboxylic acids is 1. The predicted octanol–water partition coefficient (Wildman–Crippen LogP) is 2.48. The van der Waals surface area contributed by atoms with E-state index in [1.807, 2.05) is 0 Å². The van der Waals surface area contributed by atoms with Crippen molar-refractivity contribution in [1.29, 1.82) is 0 Å². The molecule has 130 valence electrons. The van der Waals surface area contributed by atoms with Crippen molar-refractivity contribution in [3.05, 3.63) is 77.6 Å². The molecule has 3 aromatic rings. The highest BCUT2D eigenvalue weighted by molar-refractivity contribution is 5.95. The van der Waals surface area contributed by atoms with Crippen molar-refractivity contribution in [2.24, 2.45) is 5.10 Å². The van der Waals surface area contributed by atoms with E-state index in [0.29, 0.717) is 17.1 Å². The Kier molecular flexibility index (Phi) is 4.80. The van der Waals surface area contributed by atoms with Crippen LogP contribution in [0.3, 0.4) is 0 Å². The van der Waals surface area contributed by atoms with Gasteiger partial charge in [-0.15, -0.1) is 5.75 Å². The Morgan fingerprint density at radius 2 is 1.81 bits per heavy atom. The molecule has 0 saturated heterocycles. The van der Waals surface area contributed by atoms with Crippen molar-refractivity contribution < 1.29 is 24.2 Å². The van der Waals surface area contributed by atoms with Gasteiger partial charge in [0.1, 0.15) is 11.5 Å². The second-order valence-corrected chi connectivity index (χ2v) is 5.31. The van der Waals surface area contributed by atoms with Gasteiger partial charge in [-0.25, -0.2) is 10.2 Å². The van der Waals surface area contributed by atoms with Gasteiger partial charge in [-0.05, 0) is 30.3 Å². The van der Waals surface area contributed by atoms with Crippen LogP contribution in [0.15, 0.2) is 70.2 Å². The number of amides is 1. The quantitative estimate of drug-likeness (QED) is 0.542. The van der Waals surface area contributed by atoms with Crippen molar-refractivity contribution in [2.45, 2.75) is 0 Å². The van der Waals surface area contributed by atoms with Crippen LogP contribution < -0.4 is 10.5 Å². The number of furan rings is 1. The molecule has 1 aromatic heterocycles. The minimum absolute atomic E-state index is 0.187. The first-order chi connectivity index (χ1) is 12.5. The Morgan fingerprint density at radius 1 is 1.04 bits per heavy atom. The molecule has 0 saturated carbocycles. The molecule has 3 rings (SSSR count). The van der Waals surface area contributed by atoms with Crippen LogP contribution in [-0.4, -0.2) is 23.2 Å². The zero-order valence-electron chi connectivity index (χ0n) is 13.4. The van der Waals surface area contributed by atoms with Crippen LogP contribution in [0.25, 0.3) is 11.3 Å². The van der Waals surface area contributed by atoms with Crippen LogP contribution in [-0.2, 0) is 0 Å². The monoisotopic (exact) mass is 349 g/mol. The van der Waals surface area contributed by atoms with Gasteiger partial charge in [0.2, 0.25) is 0 Å². The zero-order chi connectivity index (χ0) is 18.5. The minimum Gasteiger partial charge on any atom is -0.872 e. The van der Waals surface area contributed by atoms with Gasteiger partial charge in [0.25, 0.3) is 5.91 Å². The highest BCUT2D eigenvalue weighted by Gasteiger charge is 2.07. The third kappa shape index (κ3) is 3.96. The first-order valence-electron chi connectivity index (χ1n) is 7.57. The molecule has 0 fully saturated rings. The number of carboxylic acids is 1. The molecule has 2 N–H and O–H groups in total. The number of aromatic carboxylic acids is 1. The number of nitrogens with zero attached hydrogens (tertiary/aromatic N) is 1. The molecule has 26 heavy (non-hydrogen) atoms. The standard InChI is InChI=1S/C19H14N2O5/c22-15-3-1-2-14(10-15)18(23)21-20-11-16-8-9-17(26-16)12-4-6-13(7-5-12)19(24)25/h1-11,22H,(H,21,23)(H,24,25)/p-1/b20-11-. The van der Waals surface area contributed by atoms with Gasteiger partial charge >= 0.3 is 5.97 Å². The van der Waals surface area contributed by atoms with E-state index in [1.54, 1.807) is 24.3 Å². The van der Waals surface area contributed by atoms with E-state index in [0.717, 1.165) is 0 Å². The lowest BCUT2D eigenvalue weighted by Gasteiger charge is -2.06. The largest absolute Gasteiger partial charge is 0.872 e. The number of rotatable bonds is 5. The number of carboxylic acid groups (broad SMARTS) is 1. The van der Waals surface area contributed by atoms with Gasteiger partial charge in [-0.3, -0.25) is 4.79 Å². The molecule has 1 amide bonds. The van der Waals surface area contributed by atoms with E-state index in [4.69, 9.17) is 9.52 Å². The Balaban J connectivity index is 1.65. The van der Waals surface area contributed by atoms with Crippen molar-refractivity contribution >= 4 is 18.1 Å². The van der Waals surface area contributed by atoms with Crippen LogP contribution >= 0.6 is 0 Å². The number of hydrazone groups is 1. The van der Waals surface area contributed by atoms with E-state index < -0.39 is 11.9 Å². The van der Waals surface area contributed by atoms with Gasteiger partial charge in [0, 0.05) is 11.1 Å². The number of hydrogen-bond acceptors (Lipinski definition) is 5.